The van der Waals surface area contributed by atoms with Crippen LogP contribution in [-0.2, 0) is 30.4 Å². The molecule has 0 aromatic heterocycles. The molecule has 0 saturated heterocycles. The zero-order chi connectivity index (χ0) is 27.4. The van der Waals surface area contributed by atoms with Gasteiger partial charge < -0.3 is 20.0 Å². The second kappa shape index (κ2) is 14.0. The molecule has 2 N–H and O–H groups in total. The van der Waals surface area contributed by atoms with E-state index in [2.05, 4.69) is 10.2 Å². The number of ether oxygens (including phenoxy) is 1. The molecular weight excluding hydrogens is 480 g/mol. The second-order valence-corrected chi connectivity index (χ2v) is 9.83. The molecule has 0 radical (unpaired) electrons. The lowest BCUT2D eigenvalue weighted by molar-refractivity contribution is -0.760. The van der Waals surface area contributed by atoms with E-state index < -0.39 is 40.3 Å². The molecule has 37 heavy (non-hydrogen) atoms. The Morgan fingerprint density at radius 1 is 1.00 bits per heavy atom. The molecule has 2 atom stereocenters. The summed E-state index contributed by atoms with van der Waals surface area (Å²) in [5.74, 6) is -2.56. The number of carboxylic acid groups (broad SMARTS) is 1. The van der Waals surface area contributed by atoms with Crippen LogP contribution in [0.15, 0.2) is 54.6 Å². The molecule has 2 aromatic carbocycles. The van der Waals surface area contributed by atoms with Gasteiger partial charge in [-0.05, 0) is 29.5 Å². The first-order valence-corrected chi connectivity index (χ1v) is 12.0. The van der Waals surface area contributed by atoms with E-state index in [0.29, 0.717) is 6.42 Å². The third-order valence-electron chi connectivity index (χ3n) is 5.68. The van der Waals surface area contributed by atoms with Crippen molar-refractivity contribution in [3.8, 4) is 11.1 Å². The molecule has 2 rings (SSSR count). The van der Waals surface area contributed by atoms with Gasteiger partial charge in [0.1, 0.15) is 6.61 Å². The molecule has 0 heterocycles. The van der Waals surface area contributed by atoms with E-state index in [4.69, 9.17) is 9.84 Å². The topological polar surface area (TPSA) is 145 Å². The van der Waals surface area contributed by atoms with Crippen molar-refractivity contribution >= 4 is 17.8 Å². The van der Waals surface area contributed by atoms with Crippen molar-refractivity contribution in [3.63, 3.8) is 0 Å². The standard InChI is InChI=1S/C27H34N2O8/c1-19(26(33)36-17-27(2,3)18-37-29(34)35)15-23(28-24(30)13-14-25(31)32)16-20-9-11-22(12-10-20)21-7-5-4-6-8-21/h4-12,19,23H,13-18H2,1-3H3,(H,28,30)(H,31,32)/t19-,23+/m1/s1. The molecule has 200 valence electrons. The molecule has 10 heteroatoms. The van der Waals surface area contributed by atoms with Crippen molar-refractivity contribution in [3.05, 3.63) is 70.3 Å². The highest BCUT2D eigenvalue weighted by molar-refractivity contribution is 5.81. The summed E-state index contributed by atoms with van der Waals surface area (Å²) >= 11 is 0. The number of rotatable bonds is 15. The lowest BCUT2D eigenvalue weighted by Crippen LogP contribution is -2.39. The van der Waals surface area contributed by atoms with Crippen molar-refractivity contribution in [2.45, 2.75) is 52.5 Å². The number of aliphatic carboxylic acids is 1. The monoisotopic (exact) mass is 514 g/mol. The number of nitrogens with one attached hydrogen (secondary N) is 1. The Kier molecular flexibility index (Phi) is 11.0. The number of hydrogen-bond donors (Lipinski definition) is 2. The van der Waals surface area contributed by atoms with Gasteiger partial charge in [0, 0.05) is 17.9 Å². The van der Waals surface area contributed by atoms with Gasteiger partial charge in [-0.15, -0.1) is 10.1 Å². The average molecular weight is 515 g/mol. The van der Waals surface area contributed by atoms with Gasteiger partial charge in [-0.1, -0.05) is 75.4 Å². The van der Waals surface area contributed by atoms with E-state index in [-0.39, 0.29) is 32.5 Å². The summed E-state index contributed by atoms with van der Waals surface area (Å²) in [7, 11) is 0. The third-order valence-corrected chi connectivity index (χ3v) is 5.68. The quantitative estimate of drug-likeness (QED) is 0.206. The van der Waals surface area contributed by atoms with Gasteiger partial charge in [0.25, 0.3) is 5.09 Å². The molecule has 0 unspecified atom stereocenters. The first kappa shape index (κ1) is 29.3. The summed E-state index contributed by atoms with van der Waals surface area (Å²) in [6.45, 7) is 4.75. The molecule has 0 bridgehead atoms. The van der Waals surface area contributed by atoms with Crippen LogP contribution in [0.25, 0.3) is 11.1 Å². The van der Waals surface area contributed by atoms with Crippen LogP contribution in [0.4, 0.5) is 0 Å². The summed E-state index contributed by atoms with van der Waals surface area (Å²) in [5, 5.41) is 21.3. The number of esters is 1. The maximum Gasteiger partial charge on any atom is 0.308 e. The van der Waals surface area contributed by atoms with Gasteiger partial charge in [-0.3, -0.25) is 14.4 Å². The van der Waals surface area contributed by atoms with Crippen molar-refractivity contribution in [1.82, 2.24) is 5.32 Å². The van der Waals surface area contributed by atoms with Crippen LogP contribution in [-0.4, -0.2) is 47.3 Å². The number of nitrogens with zero attached hydrogens (tertiary/aromatic N) is 1. The number of amides is 1. The molecule has 0 aliphatic heterocycles. The summed E-state index contributed by atoms with van der Waals surface area (Å²) in [4.78, 5) is 50.7. The van der Waals surface area contributed by atoms with Crippen molar-refractivity contribution in [2.24, 2.45) is 11.3 Å². The predicted octanol–water partition coefficient (Wildman–Crippen LogP) is 4.05. The first-order valence-electron chi connectivity index (χ1n) is 12.0. The van der Waals surface area contributed by atoms with Crippen LogP contribution in [0.3, 0.4) is 0 Å². The fraction of sp³-hybridized carbons (Fsp3) is 0.444. The van der Waals surface area contributed by atoms with E-state index in [0.717, 1.165) is 16.7 Å². The van der Waals surface area contributed by atoms with E-state index in [1.165, 1.54) is 0 Å². The molecule has 0 aliphatic carbocycles. The lowest BCUT2D eigenvalue weighted by Gasteiger charge is -2.25. The number of carboxylic acids is 1. The van der Waals surface area contributed by atoms with Gasteiger partial charge in [0.05, 0.1) is 18.9 Å². The third kappa shape index (κ3) is 11.1. The Hall–Kier alpha value is -3.95. The minimum atomic E-state index is -1.07. The number of carbonyl (C=O) groups excluding carboxylic acids is 2. The van der Waals surface area contributed by atoms with Gasteiger partial charge in [-0.25, -0.2) is 0 Å². The summed E-state index contributed by atoms with van der Waals surface area (Å²) in [5.41, 5.74) is 2.32. The molecular formula is C27H34N2O8. The minimum Gasteiger partial charge on any atom is -0.481 e. The van der Waals surface area contributed by atoms with Gasteiger partial charge in [0.15, 0.2) is 0 Å². The predicted molar refractivity (Wildman–Crippen MR) is 136 cm³/mol. The fourth-order valence-electron chi connectivity index (χ4n) is 3.66. The average Bonchev–Trinajstić information content (AvgIpc) is 2.86. The Morgan fingerprint density at radius 2 is 1.62 bits per heavy atom. The Morgan fingerprint density at radius 3 is 2.22 bits per heavy atom. The summed E-state index contributed by atoms with van der Waals surface area (Å²) in [6.07, 6.45) is 0.253. The van der Waals surface area contributed by atoms with Crippen LogP contribution >= 0.6 is 0 Å². The highest BCUT2D eigenvalue weighted by Gasteiger charge is 2.26. The van der Waals surface area contributed by atoms with Crippen molar-refractivity contribution in [2.75, 3.05) is 13.2 Å². The second-order valence-electron chi connectivity index (χ2n) is 9.83. The SMILES string of the molecule is C[C@H](C[C@@H](Cc1ccc(-c2ccccc2)cc1)NC(=O)CCC(=O)O)C(=O)OCC(C)(C)CO[N+](=O)[O-]. The number of benzene rings is 2. The molecule has 0 spiro atoms. The fourth-order valence-corrected chi connectivity index (χ4v) is 3.66. The zero-order valence-corrected chi connectivity index (χ0v) is 21.3. The van der Waals surface area contributed by atoms with E-state index in [1.807, 2.05) is 54.6 Å². The van der Waals surface area contributed by atoms with Crippen molar-refractivity contribution < 1.29 is 34.2 Å². The highest BCUT2D eigenvalue weighted by atomic mass is 16.9. The molecule has 0 aliphatic rings. The van der Waals surface area contributed by atoms with Gasteiger partial charge in [0.2, 0.25) is 5.91 Å². The van der Waals surface area contributed by atoms with E-state index in [1.54, 1.807) is 20.8 Å². The smallest absolute Gasteiger partial charge is 0.308 e. The molecule has 2 aromatic rings. The van der Waals surface area contributed by atoms with Crippen LogP contribution in [0.5, 0.6) is 0 Å². The van der Waals surface area contributed by atoms with E-state index >= 15 is 0 Å². The van der Waals surface area contributed by atoms with Crippen molar-refractivity contribution in [1.29, 1.82) is 0 Å². The molecule has 0 saturated carbocycles. The summed E-state index contributed by atoms with van der Waals surface area (Å²) in [6, 6.07) is 17.4. The van der Waals surface area contributed by atoms with Crippen LogP contribution in [0.2, 0.25) is 0 Å². The maximum atomic E-state index is 12.6. The lowest BCUT2D eigenvalue weighted by atomic mass is 9.94. The summed E-state index contributed by atoms with van der Waals surface area (Å²) < 4.78 is 5.37. The Bertz CT molecular complexity index is 1050. The molecule has 0 fully saturated rings. The Balaban J connectivity index is 2.04. The normalized spacial score (nSPS) is 12.7. The maximum absolute atomic E-state index is 12.6. The van der Waals surface area contributed by atoms with Crippen LogP contribution in [0.1, 0.15) is 45.6 Å². The van der Waals surface area contributed by atoms with Crippen LogP contribution < -0.4 is 5.32 Å². The largest absolute Gasteiger partial charge is 0.481 e. The molecule has 1 amide bonds. The highest BCUT2D eigenvalue weighted by Crippen LogP contribution is 2.22. The zero-order valence-electron chi connectivity index (χ0n) is 21.3. The van der Waals surface area contributed by atoms with Crippen LogP contribution in [0, 0.1) is 21.4 Å². The minimum absolute atomic E-state index is 0.0689. The van der Waals surface area contributed by atoms with Gasteiger partial charge in [-0.2, -0.15) is 0 Å². The molecule has 10 nitrogen and oxygen atoms in total. The number of carbonyl (C=O) groups is 3. The van der Waals surface area contributed by atoms with Gasteiger partial charge >= 0.3 is 11.9 Å². The number of hydrogen-bond acceptors (Lipinski definition) is 7. The first-order chi connectivity index (χ1) is 17.4. The Labute approximate surface area is 216 Å². The van der Waals surface area contributed by atoms with E-state index in [9.17, 15) is 24.5 Å².